The van der Waals surface area contributed by atoms with Crippen molar-refractivity contribution in [1.29, 1.82) is 5.41 Å². The van der Waals surface area contributed by atoms with E-state index in [0.29, 0.717) is 18.0 Å². The van der Waals surface area contributed by atoms with E-state index in [2.05, 4.69) is 177 Å². The molecule has 452 valence electrons. The topological polar surface area (TPSA) is 139 Å². The summed E-state index contributed by atoms with van der Waals surface area (Å²) in [6, 6.07) is 0.880. The van der Waals surface area contributed by atoms with Crippen molar-refractivity contribution in [2.45, 2.75) is 330 Å². The lowest BCUT2D eigenvalue weighted by Crippen LogP contribution is -2.65. The number of aliphatic imine (C=N–C) groups is 1. The van der Waals surface area contributed by atoms with Crippen LogP contribution in [0.5, 0.6) is 0 Å². The first kappa shape index (κ1) is 67.7. The molecule has 14 nitrogen and oxygen atoms in total. The van der Waals surface area contributed by atoms with E-state index in [1.165, 1.54) is 0 Å². The molecule has 0 bridgehead atoms. The van der Waals surface area contributed by atoms with Crippen LogP contribution in [0.1, 0.15) is 279 Å². The third-order valence-electron chi connectivity index (χ3n) is 17.5. The molecule has 4 heterocycles. The molecule has 3 aliphatic heterocycles. The molecule has 0 radical (unpaired) electrons. The van der Waals surface area contributed by atoms with E-state index < -0.39 is 0 Å². The summed E-state index contributed by atoms with van der Waals surface area (Å²) in [6.07, 6.45) is 23.6. The summed E-state index contributed by atoms with van der Waals surface area (Å²) in [5.74, 6) is 3.96. The predicted octanol–water partition coefficient (Wildman–Crippen LogP) is 13.4. The van der Waals surface area contributed by atoms with Crippen molar-refractivity contribution in [3.05, 3.63) is 5.82 Å². The largest absolute Gasteiger partial charge is 0.359 e. The highest BCUT2D eigenvalue weighted by Crippen LogP contribution is 2.43. The molecule has 0 saturated carbocycles. The summed E-state index contributed by atoms with van der Waals surface area (Å²) in [5, 5.41) is 25.4. The van der Waals surface area contributed by atoms with Crippen molar-refractivity contribution in [2.24, 2.45) is 4.99 Å². The molecule has 3 saturated heterocycles. The highest BCUT2D eigenvalue weighted by atomic mass is 15.4. The Bertz CT molecular complexity index is 1850. The van der Waals surface area contributed by atoms with Crippen LogP contribution in [0.2, 0.25) is 0 Å². The standard InChI is InChI=1S/C64H126N14/c1-21-28-37-74(38-29-22-2)56-67-53(68-57(70-56)75(39-30-23-3)40-31-24-4)64(26-6,27-7)78(52-48-62(16,17)73-63(18,19)49-52)43-36-34-33-35-42-76(50-44-58(8,9)71-59(10,11)45-50)54(65)69-55(66-20)77(41-32-25-5)51-46-60(12,13)72-61(14,15)47-51/h50-52,71-73H,21-49H2,1-20H3,(H2,65,66,69). The normalized spacial score (nSPS) is 20.4. The van der Waals surface area contributed by atoms with Crippen LogP contribution in [0, 0.1) is 5.41 Å². The van der Waals surface area contributed by atoms with Crippen LogP contribution in [0.15, 0.2) is 4.99 Å². The third-order valence-corrected chi connectivity index (χ3v) is 17.5. The number of aromatic nitrogens is 3. The van der Waals surface area contributed by atoms with Gasteiger partial charge in [0.1, 0.15) is 0 Å². The quantitative estimate of drug-likeness (QED) is 0.0275. The van der Waals surface area contributed by atoms with Gasteiger partial charge in [-0.3, -0.25) is 10.3 Å². The molecule has 0 amide bonds. The van der Waals surface area contributed by atoms with Crippen molar-refractivity contribution in [3.8, 4) is 0 Å². The average Bonchev–Trinajstić information content (AvgIpc) is 3.36. The van der Waals surface area contributed by atoms with Crippen LogP contribution in [-0.2, 0) is 5.54 Å². The maximum absolute atomic E-state index is 9.98. The second-order valence-corrected chi connectivity index (χ2v) is 28.6. The van der Waals surface area contributed by atoms with Gasteiger partial charge in [0.15, 0.2) is 5.82 Å². The van der Waals surface area contributed by atoms with Gasteiger partial charge in [-0.15, -0.1) is 0 Å². The summed E-state index contributed by atoms with van der Waals surface area (Å²) in [6.45, 7) is 51.2. The Balaban J connectivity index is 1.74. The van der Waals surface area contributed by atoms with Gasteiger partial charge < -0.3 is 40.9 Å². The Morgan fingerprint density at radius 2 is 0.808 bits per heavy atom. The van der Waals surface area contributed by atoms with Crippen LogP contribution in [0.4, 0.5) is 11.9 Å². The second kappa shape index (κ2) is 30.0. The molecule has 4 rings (SSSR count). The summed E-state index contributed by atoms with van der Waals surface area (Å²) in [7, 11) is 2.01. The Morgan fingerprint density at radius 1 is 0.474 bits per heavy atom. The summed E-state index contributed by atoms with van der Waals surface area (Å²) in [5.41, 5.74) is -0.509. The Morgan fingerprint density at radius 3 is 1.17 bits per heavy atom. The van der Waals surface area contributed by atoms with Gasteiger partial charge in [0.05, 0.1) is 5.54 Å². The van der Waals surface area contributed by atoms with Gasteiger partial charge in [0, 0.05) is 97.7 Å². The molecule has 3 fully saturated rings. The van der Waals surface area contributed by atoms with E-state index in [0.717, 1.165) is 211 Å². The number of unbranched alkanes of at least 4 members (excludes halogenated alkanes) is 8. The maximum Gasteiger partial charge on any atom is 0.230 e. The van der Waals surface area contributed by atoms with Crippen LogP contribution in [-0.4, -0.2) is 146 Å². The van der Waals surface area contributed by atoms with E-state index in [4.69, 9.17) is 19.9 Å². The van der Waals surface area contributed by atoms with Gasteiger partial charge in [-0.1, -0.05) is 93.4 Å². The van der Waals surface area contributed by atoms with Crippen molar-refractivity contribution < 1.29 is 0 Å². The zero-order valence-corrected chi connectivity index (χ0v) is 54.8. The fourth-order valence-corrected chi connectivity index (χ4v) is 14.8. The van der Waals surface area contributed by atoms with Gasteiger partial charge in [-0.05, 0) is 186 Å². The molecule has 5 N–H and O–H groups in total. The van der Waals surface area contributed by atoms with Crippen LogP contribution in [0.25, 0.3) is 0 Å². The van der Waals surface area contributed by atoms with Crippen molar-refractivity contribution >= 4 is 23.8 Å². The summed E-state index contributed by atoms with van der Waals surface area (Å²) in [4.78, 5) is 35.0. The minimum Gasteiger partial charge on any atom is -0.359 e. The smallest absolute Gasteiger partial charge is 0.230 e. The number of hydrogen-bond acceptors (Lipinski definition) is 10. The second-order valence-electron chi connectivity index (χ2n) is 28.6. The Kier molecular flexibility index (Phi) is 26.0. The van der Waals surface area contributed by atoms with E-state index >= 15 is 0 Å². The van der Waals surface area contributed by atoms with Crippen LogP contribution >= 0.6 is 0 Å². The maximum atomic E-state index is 9.98. The Labute approximate surface area is 481 Å². The minimum absolute atomic E-state index is 0.00129. The van der Waals surface area contributed by atoms with Gasteiger partial charge in [0.2, 0.25) is 23.8 Å². The molecular formula is C64H126N14. The lowest BCUT2D eigenvalue weighted by molar-refractivity contribution is -0.0248. The summed E-state index contributed by atoms with van der Waals surface area (Å²) >= 11 is 0. The van der Waals surface area contributed by atoms with Crippen LogP contribution in [0.3, 0.4) is 0 Å². The fraction of sp³-hybridized carbons (Fsp3) is 0.922. The highest BCUT2D eigenvalue weighted by molar-refractivity contribution is 5.93. The lowest BCUT2D eigenvalue weighted by atomic mass is 9.76. The van der Waals surface area contributed by atoms with Gasteiger partial charge in [0.25, 0.3) is 0 Å². The molecule has 0 unspecified atom stereocenters. The number of piperidine rings is 3. The highest BCUT2D eigenvalue weighted by Gasteiger charge is 2.48. The minimum atomic E-state index is -0.364. The number of hydrogen-bond donors (Lipinski definition) is 5. The summed E-state index contributed by atoms with van der Waals surface area (Å²) < 4.78 is 0. The first-order valence-corrected chi connectivity index (χ1v) is 32.4. The van der Waals surface area contributed by atoms with Gasteiger partial charge in [-0.25, -0.2) is 0 Å². The molecule has 0 aromatic carbocycles. The SMILES string of the molecule is CCCCN(CCCC)c1nc(N(CCCC)CCCC)nc(C(CC)(CC)N(CCCCCCN(C(=N)/N=C(\NC)N(CCCC)C2CC(C)(C)NC(C)(C)C2)C2CC(C)(C)NC(C)(C)C2)C2CC(C)(C)NC(C)(C)C2)n1. The molecule has 1 aromatic heterocycles. The van der Waals surface area contributed by atoms with Crippen molar-refractivity contribution in [3.63, 3.8) is 0 Å². The molecule has 3 aliphatic rings. The van der Waals surface area contributed by atoms with Crippen molar-refractivity contribution in [2.75, 3.05) is 62.7 Å². The number of anilines is 2. The zero-order valence-electron chi connectivity index (χ0n) is 54.8. The fourth-order valence-electron chi connectivity index (χ4n) is 14.8. The first-order valence-electron chi connectivity index (χ1n) is 32.4. The number of guanidine groups is 2. The Hall–Kier alpha value is -2.81. The van der Waals surface area contributed by atoms with Gasteiger partial charge in [-0.2, -0.15) is 19.9 Å². The molecular weight excluding hydrogens is 965 g/mol. The van der Waals surface area contributed by atoms with Crippen molar-refractivity contribution in [1.82, 2.24) is 50.9 Å². The molecule has 14 heteroatoms. The zero-order chi connectivity index (χ0) is 58.2. The van der Waals surface area contributed by atoms with Gasteiger partial charge >= 0.3 is 0 Å². The van der Waals surface area contributed by atoms with E-state index in [1.807, 2.05) is 7.05 Å². The lowest BCUT2D eigenvalue weighted by Gasteiger charge is -2.54. The van der Waals surface area contributed by atoms with Crippen LogP contribution < -0.4 is 31.1 Å². The van der Waals surface area contributed by atoms with E-state index in [9.17, 15) is 5.41 Å². The first-order chi connectivity index (χ1) is 36.6. The monoisotopic (exact) mass is 1090 g/mol. The van der Waals surface area contributed by atoms with E-state index in [-0.39, 0.29) is 44.8 Å². The molecule has 78 heavy (non-hydrogen) atoms. The predicted molar refractivity (Wildman–Crippen MR) is 337 cm³/mol. The molecule has 1 aromatic rings. The van der Waals surface area contributed by atoms with E-state index in [1.54, 1.807) is 0 Å². The average molecular weight is 1090 g/mol. The third kappa shape index (κ3) is 20.0. The molecule has 0 aliphatic carbocycles. The molecule has 0 atom stereocenters. The number of nitrogens with zero attached hydrogens (tertiary/aromatic N) is 9. The molecule has 0 spiro atoms. The number of rotatable bonds is 31. The number of nitrogens with one attached hydrogen (secondary N) is 5.